The van der Waals surface area contributed by atoms with Crippen LogP contribution in [-0.4, -0.2) is 0 Å². The first kappa shape index (κ1) is 20.9. The van der Waals surface area contributed by atoms with Gasteiger partial charge in [-0.1, -0.05) is 39.8 Å². The molecule has 0 atom stereocenters. The maximum absolute atomic E-state index is 12.4. The summed E-state index contributed by atoms with van der Waals surface area (Å²) < 4.78 is 37.2. The highest BCUT2D eigenvalue weighted by atomic mass is 19.4. The highest BCUT2D eigenvalue weighted by Crippen LogP contribution is 2.29. The van der Waals surface area contributed by atoms with Gasteiger partial charge < -0.3 is 16.8 Å². The van der Waals surface area contributed by atoms with Gasteiger partial charge in [0.05, 0.1) is 11.4 Å². The number of allylic oxidation sites excluding steroid dienone is 3. The van der Waals surface area contributed by atoms with E-state index in [0.29, 0.717) is 23.6 Å². The molecule has 0 spiro atoms. The number of rotatable bonds is 5. The van der Waals surface area contributed by atoms with Crippen LogP contribution >= 0.6 is 0 Å². The Labute approximate surface area is 136 Å². The molecule has 0 saturated carbocycles. The van der Waals surface area contributed by atoms with E-state index < -0.39 is 11.7 Å². The van der Waals surface area contributed by atoms with Crippen LogP contribution in [0.25, 0.3) is 0 Å². The number of alkyl halides is 3. The zero-order chi connectivity index (χ0) is 18.0. The smallest absolute Gasteiger partial charge is 0.402 e. The number of nitrogens with two attached hydrogens (primary N) is 2. The van der Waals surface area contributed by atoms with Crippen LogP contribution in [0.3, 0.4) is 0 Å². The maximum Gasteiger partial charge on any atom is 0.416 e. The lowest BCUT2D eigenvalue weighted by molar-refractivity contribution is -0.137. The van der Waals surface area contributed by atoms with Crippen molar-refractivity contribution in [2.45, 2.75) is 40.4 Å². The molecule has 0 unspecified atom stereocenters. The minimum Gasteiger partial charge on any atom is -0.402 e. The summed E-state index contributed by atoms with van der Waals surface area (Å²) in [5, 5.41) is 2.91. The largest absolute Gasteiger partial charge is 0.416 e. The van der Waals surface area contributed by atoms with Gasteiger partial charge in [-0.2, -0.15) is 13.2 Å². The molecule has 0 aliphatic heterocycles. The molecule has 130 valence electrons. The Morgan fingerprint density at radius 3 is 2.04 bits per heavy atom. The molecule has 0 aromatic heterocycles. The van der Waals surface area contributed by atoms with Crippen molar-refractivity contribution in [2.24, 2.45) is 17.4 Å². The molecule has 1 aromatic rings. The van der Waals surface area contributed by atoms with Gasteiger partial charge in [-0.3, -0.25) is 0 Å². The first-order valence-corrected chi connectivity index (χ1v) is 7.53. The molecule has 0 radical (unpaired) electrons. The van der Waals surface area contributed by atoms with E-state index in [9.17, 15) is 13.2 Å². The van der Waals surface area contributed by atoms with Gasteiger partial charge in [0.15, 0.2) is 0 Å². The zero-order valence-electron chi connectivity index (χ0n) is 14.0. The highest BCUT2D eigenvalue weighted by molar-refractivity contribution is 5.25. The second-order valence-electron chi connectivity index (χ2n) is 4.99. The van der Waals surface area contributed by atoms with Crippen molar-refractivity contribution in [1.82, 2.24) is 5.32 Å². The third-order valence-electron chi connectivity index (χ3n) is 2.90. The fourth-order valence-electron chi connectivity index (χ4n) is 1.45. The third-order valence-corrected chi connectivity index (χ3v) is 2.90. The molecule has 0 saturated heterocycles. The number of hydrogen-bond donors (Lipinski definition) is 3. The number of halogens is 3. The number of hydrogen-bond acceptors (Lipinski definition) is 3. The van der Waals surface area contributed by atoms with E-state index in [4.69, 9.17) is 11.5 Å². The average Bonchev–Trinajstić information content (AvgIpc) is 2.52. The van der Waals surface area contributed by atoms with Crippen molar-refractivity contribution in [1.29, 1.82) is 0 Å². The summed E-state index contributed by atoms with van der Waals surface area (Å²) >= 11 is 0. The van der Waals surface area contributed by atoms with Gasteiger partial charge >= 0.3 is 6.18 Å². The zero-order valence-corrected chi connectivity index (χ0v) is 14.0. The molecule has 0 aliphatic rings. The lowest BCUT2D eigenvalue weighted by Gasteiger charge is -2.09. The van der Waals surface area contributed by atoms with Gasteiger partial charge in [0.2, 0.25) is 0 Å². The summed E-state index contributed by atoms with van der Waals surface area (Å²) in [6.45, 7) is 8.27. The maximum atomic E-state index is 12.4. The quantitative estimate of drug-likeness (QED) is 0.712. The van der Waals surface area contributed by atoms with Crippen LogP contribution in [0.15, 0.2) is 47.9 Å². The molecule has 0 bridgehead atoms. The molecule has 0 amide bonds. The van der Waals surface area contributed by atoms with Crippen LogP contribution in [0.5, 0.6) is 0 Å². The standard InChI is InChI=1S/C15H20F3N3.C2H6/c1-10(2)13(19)7-8-14(20)21-9-11-3-5-12(6-4-11)15(16,17)18;1-2/h3-8,10,21H,9,19-20H2,1-2H3;1-2H3/b13-7-,14-8+;. The minimum atomic E-state index is -4.32. The minimum absolute atomic E-state index is 0.226. The van der Waals surface area contributed by atoms with Gasteiger partial charge in [0.1, 0.15) is 0 Å². The van der Waals surface area contributed by atoms with E-state index in [1.165, 1.54) is 12.1 Å². The van der Waals surface area contributed by atoms with E-state index in [2.05, 4.69) is 5.32 Å². The van der Waals surface area contributed by atoms with Crippen molar-refractivity contribution in [2.75, 3.05) is 0 Å². The van der Waals surface area contributed by atoms with Gasteiger partial charge in [-0.05, 0) is 35.8 Å². The van der Waals surface area contributed by atoms with Crippen LogP contribution in [-0.2, 0) is 12.7 Å². The third kappa shape index (κ3) is 8.18. The Balaban J connectivity index is 0.00000232. The molecule has 23 heavy (non-hydrogen) atoms. The van der Waals surface area contributed by atoms with E-state index in [1.807, 2.05) is 27.7 Å². The van der Waals surface area contributed by atoms with Gasteiger partial charge in [0, 0.05) is 12.2 Å². The average molecular weight is 329 g/mol. The van der Waals surface area contributed by atoms with Crippen molar-refractivity contribution < 1.29 is 13.2 Å². The van der Waals surface area contributed by atoms with Gasteiger partial charge in [-0.25, -0.2) is 0 Å². The molecule has 6 heteroatoms. The van der Waals surface area contributed by atoms with Gasteiger partial charge in [0.25, 0.3) is 0 Å². The predicted molar refractivity (Wildman–Crippen MR) is 89.0 cm³/mol. The fraction of sp³-hybridized carbons (Fsp3) is 0.412. The fourth-order valence-corrected chi connectivity index (χ4v) is 1.45. The summed E-state index contributed by atoms with van der Waals surface area (Å²) in [6, 6.07) is 4.93. The molecule has 0 heterocycles. The molecule has 3 nitrogen and oxygen atoms in total. The van der Waals surface area contributed by atoms with Crippen molar-refractivity contribution >= 4 is 0 Å². The molecule has 0 aliphatic carbocycles. The molecular weight excluding hydrogens is 303 g/mol. The SMILES string of the molecule is CC.CC(C)/C(N)=C/C=C(\N)NCc1ccc(C(F)(F)F)cc1. The normalized spacial score (nSPS) is 12.7. The number of benzene rings is 1. The topological polar surface area (TPSA) is 64.1 Å². The van der Waals surface area contributed by atoms with Crippen LogP contribution in [0.2, 0.25) is 0 Å². The van der Waals surface area contributed by atoms with E-state index in [1.54, 1.807) is 12.2 Å². The highest BCUT2D eigenvalue weighted by Gasteiger charge is 2.29. The Kier molecular flexibility index (Phi) is 8.92. The van der Waals surface area contributed by atoms with Gasteiger partial charge in [-0.15, -0.1) is 0 Å². The van der Waals surface area contributed by atoms with Crippen LogP contribution in [0.4, 0.5) is 13.2 Å². The Bertz CT molecular complexity index is 515. The second-order valence-corrected chi connectivity index (χ2v) is 4.99. The molecule has 1 rings (SSSR count). The first-order chi connectivity index (χ1) is 10.7. The molecule has 0 fully saturated rings. The first-order valence-electron chi connectivity index (χ1n) is 7.53. The summed E-state index contributed by atoms with van der Waals surface area (Å²) in [5.74, 6) is 0.627. The monoisotopic (exact) mass is 329 g/mol. The molecule has 1 aromatic carbocycles. The van der Waals surface area contributed by atoms with Crippen molar-refractivity contribution in [3.8, 4) is 0 Å². The lowest BCUT2D eigenvalue weighted by Crippen LogP contribution is -2.19. The van der Waals surface area contributed by atoms with E-state index >= 15 is 0 Å². The van der Waals surface area contributed by atoms with Crippen molar-refractivity contribution in [3.05, 3.63) is 59.1 Å². The number of nitrogens with one attached hydrogen (secondary N) is 1. The Hall–Kier alpha value is -2.11. The Morgan fingerprint density at radius 2 is 1.61 bits per heavy atom. The van der Waals surface area contributed by atoms with Crippen molar-refractivity contribution in [3.63, 3.8) is 0 Å². The molecule has 5 N–H and O–H groups in total. The van der Waals surface area contributed by atoms with Crippen LogP contribution in [0.1, 0.15) is 38.8 Å². The van der Waals surface area contributed by atoms with E-state index in [-0.39, 0.29) is 5.92 Å². The lowest BCUT2D eigenvalue weighted by atomic mass is 10.1. The van der Waals surface area contributed by atoms with E-state index in [0.717, 1.165) is 12.1 Å². The summed E-state index contributed by atoms with van der Waals surface area (Å²) in [5.41, 5.74) is 12.2. The summed E-state index contributed by atoms with van der Waals surface area (Å²) in [7, 11) is 0. The predicted octanol–water partition coefficient (Wildman–Crippen LogP) is 4.12. The van der Waals surface area contributed by atoms with Crippen LogP contribution in [0, 0.1) is 5.92 Å². The second kappa shape index (κ2) is 9.82. The van der Waals surface area contributed by atoms with Crippen LogP contribution < -0.4 is 16.8 Å². The summed E-state index contributed by atoms with van der Waals surface area (Å²) in [6.07, 6.45) is -0.969. The molecular formula is C17H26F3N3. The summed E-state index contributed by atoms with van der Waals surface area (Å²) in [4.78, 5) is 0. The Morgan fingerprint density at radius 1 is 1.09 bits per heavy atom.